The largest absolute Gasteiger partial charge is 0.428 e. The lowest BCUT2D eigenvalue weighted by molar-refractivity contribution is 0.133. The lowest BCUT2D eigenvalue weighted by Crippen LogP contribution is -1.97. The average Bonchev–Trinajstić information content (AvgIpc) is 2.16. The van der Waals surface area contributed by atoms with Crippen LogP contribution in [-0.4, -0.2) is 19.8 Å². The molecule has 72 valence electrons. The second-order valence-corrected chi connectivity index (χ2v) is 2.52. The first kappa shape index (κ1) is 11.7. The molecule has 4 heteroatoms. The minimum Gasteiger partial charge on any atom is -0.428 e. The Hall–Kier alpha value is -1.26. The van der Waals surface area contributed by atoms with E-state index < -0.39 is 0 Å². The van der Waals surface area contributed by atoms with Crippen LogP contribution in [0.25, 0.3) is 0 Å². The Morgan fingerprint density at radius 3 is 2.38 bits per heavy atom. The van der Waals surface area contributed by atoms with Gasteiger partial charge in [0.15, 0.2) is 0 Å². The molecule has 0 heterocycles. The molecule has 0 bridgehead atoms. The summed E-state index contributed by atoms with van der Waals surface area (Å²) in [5.74, 6) is 0. The molecule has 0 saturated heterocycles. The highest BCUT2D eigenvalue weighted by Crippen LogP contribution is 1.96. The van der Waals surface area contributed by atoms with Gasteiger partial charge in [-0.2, -0.15) is 10.5 Å². The Morgan fingerprint density at radius 2 is 1.69 bits per heavy atom. The molecule has 0 unspecified atom stereocenters. The molecule has 13 heavy (non-hydrogen) atoms. The third-order valence-electron chi connectivity index (χ3n) is 1.46. The van der Waals surface area contributed by atoms with E-state index in [1.165, 1.54) is 0 Å². The second-order valence-electron chi connectivity index (χ2n) is 2.52. The molecule has 0 aliphatic carbocycles. The molecule has 4 nitrogen and oxygen atoms in total. The molecule has 0 aromatic carbocycles. The van der Waals surface area contributed by atoms with E-state index in [-0.39, 0.29) is 0 Å². The summed E-state index contributed by atoms with van der Waals surface area (Å²) < 4.78 is 9.65. The molecule has 0 radical (unpaired) electrons. The van der Waals surface area contributed by atoms with Gasteiger partial charge in [-0.05, 0) is 19.3 Å². The minimum atomic E-state index is 0.456. The van der Waals surface area contributed by atoms with E-state index in [1.807, 2.05) is 6.07 Å². The highest BCUT2D eigenvalue weighted by atomic mass is 16.5. The van der Waals surface area contributed by atoms with Gasteiger partial charge in [0.1, 0.15) is 6.61 Å². The number of nitriles is 2. The highest BCUT2D eigenvalue weighted by molar-refractivity contribution is 4.66. The molecule has 0 saturated carbocycles. The summed E-state index contributed by atoms with van der Waals surface area (Å²) in [4.78, 5) is 0. The fraction of sp³-hybridized carbons (Fsp3) is 0.778. The van der Waals surface area contributed by atoms with Crippen molar-refractivity contribution in [2.75, 3.05) is 19.8 Å². The van der Waals surface area contributed by atoms with Crippen molar-refractivity contribution in [2.45, 2.75) is 25.7 Å². The van der Waals surface area contributed by atoms with E-state index in [1.54, 1.807) is 6.26 Å². The summed E-state index contributed by atoms with van der Waals surface area (Å²) in [6, 6.07) is 2.01. The number of ether oxygens (including phenoxy) is 2. The van der Waals surface area contributed by atoms with Gasteiger partial charge >= 0.3 is 0 Å². The first-order valence-electron chi connectivity index (χ1n) is 4.37. The fourth-order valence-electron chi connectivity index (χ4n) is 0.821. The van der Waals surface area contributed by atoms with Crippen LogP contribution in [0.5, 0.6) is 0 Å². The molecule has 0 aliphatic heterocycles. The molecule has 0 spiro atoms. The fourth-order valence-corrected chi connectivity index (χ4v) is 0.821. The van der Waals surface area contributed by atoms with Gasteiger partial charge in [0.05, 0.1) is 19.1 Å². The zero-order chi connectivity index (χ0) is 9.78. The number of nitrogens with zero attached hydrogens (tertiary/aromatic N) is 2. The van der Waals surface area contributed by atoms with Crippen molar-refractivity contribution >= 4 is 0 Å². The van der Waals surface area contributed by atoms with Gasteiger partial charge in [-0.25, -0.2) is 0 Å². The number of unbranched alkanes of at least 4 members (excludes halogenated alkanes) is 2. The van der Waals surface area contributed by atoms with E-state index in [2.05, 4.69) is 4.74 Å². The van der Waals surface area contributed by atoms with Crippen LogP contribution in [0.1, 0.15) is 25.7 Å². The molecule has 0 fully saturated rings. The molecule has 0 aromatic rings. The van der Waals surface area contributed by atoms with E-state index in [0.29, 0.717) is 26.2 Å². The minimum absolute atomic E-state index is 0.456. The second kappa shape index (κ2) is 10.7. The maximum absolute atomic E-state index is 8.19. The SMILES string of the molecule is N#CCCOCCCCCOC#N. The lowest BCUT2D eigenvalue weighted by atomic mass is 10.2. The Bertz CT molecular complexity index is 161. The summed E-state index contributed by atoms with van der Waals surface area (Å²) in [6.45, 7) is 1.70. The summed E-state index contributed by atoms with van der Waals surface area (Å²) in [7, 11) is 0. The van der Waals surface area contributed by atoms with Crippen molar-refractivity contribution in [1.82, 2.24) is 0 Å². The first-order valence-corrected chi connectivity index (χ1v) is 4.37. The summed E-state index contributed by atoms with van der Waals surface area (Å²) in [6.07, 6.45) is 4.91. The van der Waals surface area contributed by atoms with Crippen molar-refractivity contribution in [1.29, 1.82) is 10.5 Å². The lowest BCUT2D eigenvalue weighted by Gasteiger charge is -2.00. The van der Waals surface area contributed by atoms with Crippen molar-refractivity contribution in [3.8, 4) is 12.3 Å². The molecule has 0 N–H and O–H groups in total. The smallest absolute Gasteiger partial charge is 0.286 e. The third-order valence-corrected chi connectivity index (χ3v) is 1.46. The zero-order valence-corrected chi connectivity index (χ0v) is 7.66. The topological polar surface area (TPSA) is 66.0 Å². The summed E-state index contributed by atoms with van der Waals surface area (Å²) in [5.41, 5.74) is 0. The summed E-state index contributed by atoms with van der Waals surface area (Å²) >= 11 is 0. The normalized spacial score (nSPS) is 8.77. The van der Waals surface area contributed by atoms with Gasteiger partial charge in [0.2, 0.25) is 0 Å². The van der Waals surface area contributed by atoms with Crippen LogP contribution >= 0.6 is 0 Å². The van der Waals surface area contributed by atoms with Crippen molar-refractivity contribution in [3.05, 3.63) is 0 Å². The number of rotatable bonds is 8. The van der Waals surface area contributed by atoms with Crippen LogP contribution in [-0.2, 0) is 9.47 Å². The molecule has 0 aliphatic rings. The molecule has 0 amide bonds. The van der Waals surface area contributed by atoms with E-state index in [4.69, 9.17) is 15.3 Å². The maximum Gasteiger partial charge on any atom is 0.286 e. The highest BCUT2D eigenvalue weighted by Gasteiger charge is 1.90. The molecular formula is C9H14N2O2. The van der Waals surface area contributed by atoms with Crippen molar-refractivity contribution in [2.24, 2.45) is 0 Å². The Kier molecular flexibility index (Phi) is 9.70. The summed E-state index contributed by atoms with van der Waals surface area (Å²) in [5, 5.41) is 16.2. The number of hydrogen-bond donors (Lipinski definition) is 0. The van der Waals surface area contributed by atoms with Crippen LogP contribution in [0.4, 0.5) is 0 Å². The predicted octanol–water partition coefficient (Wildman–Crippen LogP) is 1.58. The predicted molar refractivity (Wildman–Crippen MR) is 46.5 cm³/mol. The molecular weight excluding hydrogens is 168 g/mol. The van der Waals surface area contributed by atoms with Gasteiger partial charge < -0.3 is 9.47 Å². The van der Waals surface area contributed by atoms with Crippen LogP contribution < -0.4 is 0 Å². The van der Waals surface area contributed by atoms with Crippen molar-refractivity contribution < 1.29 is 9.47 Å². The van der Waals surface area contributed by atoms with Crippen molar-refractivity contribution in [3.63, 3.8) is 0 Å². The quantitative estimate of drug-likeness (QED) is 0.422. The van der Waals surface area contributed by atoms with Gasteiger partial charge in [0, 0.05) is 6.61 Å². The molecule has 0 atom stereocenters. The van der Waals surface area contributed by atoms with Gasteiger partial charge in [-0.15, -0.1) is 0 Å². The zero-order valence-electron chi connectivity index (χ0n) is 7.66. The van der Waals surface area contributed by atoms with E-state index in [0.717, 1.165) is 19.3 Å². The Balaban J connectivity index is 2.85. The van der Waals surface area contributed by atoms with E-state index >= 15 is 0 Å². The Labute approximate surface area is 78.7 Å². The van der Waals surface area contributed by atoms with Crippen LogP contribution in [0.15, 0.2) is 0 Å². The van der Waals surface area contributed by atoms with Crippen LogP contribution in [0.3, 0.4) is 0 Å². The first-order chi connectivity index (χ1) is 6.41. The number of hydrogen-bond acceptors (Lipinski definition) is 4. The van der Waals surface area contributed by atoms with Gasteiger partial charge in [0.25, 0.3) is 6.26 Å². The van der Waals surface area contributed by atoms with E-state index in [9.17, 15) is 0 Å². The standard InChI is InChI=1S/C9H14N2O2/c10-5-4-8-12-6-2-1-3-7-13-9-11/h1-4,6-8H2. The molecule has 0 aromatic heterocycles. The molecule has 0 rings (SSSR count). The average molecular weight is 182 g/mol. The van der Waals surface area contributed by atoms with Crippen LogP contribution in [0.2, 0.25) is 0 Å². The Morgan fingerprint density at radius 1 is 0.923 bits per heavy atom. The van der Waals surface area contributed by atoms with Gasteiger partial charge in [-0.1, -0.05) is 0 Å². The third kappa shape index (κ3) is 10.7. The van der Waals surface area contributed by atoms with Crippen LogP contribution in [0, 0.1) is 22.8 Å². The monoisotopic (exact) mass is 182 g/mol. The maximum atomic E-state index is 8.19. The van der Waals surface area contributed by atoms with Gasteiger partial charge in [-0.3, -0.25) is 0 Å².